The van der Waals surface area contributed by atoms with Crippen LogP contribution in [0.25, 0.3) is 5.82 Å². The summed E-state index contributed by atoms with van der Waals surface area (Å²) < 4.78 is 6.60. The molecule has 0 aromatic carbocycles. The van der Waals surface area contributed by atoms with Crippen LogP contribution in [0.5, 0.6) is 0 Å². The van der Waals surface area contributed by atoms with Crippen LogP contribution in [-0.4, -0.2) is 84.8 Å². The minimum Gasteiger partial charge on any atom is -0.456 e. The summed E-state index contributed by atoms with van der Waals surface area (Å²) in [4.78, 5) is 33.6. The number of carbonyl (C=O) groups excluding carboxylic acids is 2. The average Bonchev–Trinajstić information content (AvgIpc) is 3.58. The Balaban J connectivity index is 1.24. The van der Waals surface area contributed by atoms with E-state index in [1.54, 1.807) is 18.0 Å². The zero-order valence-electron chi connectivity index (χ0n) is 19.4. The van der Waals surface area contributed by atoms with Crippen LogP contribution >= 0.6 is 0 Å². The van der Waals surface area contributed by atoms with Gasteiger partial charge in [0.2, 0.25) is 5.91 Å². The molecule has 2 aliphatic heterocycles. The van der Waals surface area contributed by atoms with Crippen LogP contribution in [0.2, 0.25) is 0 Å². The highest BCUT2D eigenvalue weighted by Crippen LogP contribution is 2.47. The first-order valence-electron chi connectivity index (χ1n) is 11.6. The number of aromatic nitrogens is 5. The monoisotopic (exact) mass is 467 g/mol. The number of likely N-dealkylation sites (tertiary alicyclic amines) is 1. The van der Waals surface area contributed by atoms with Gasteiger partial charge in [-0.15, -0.1) is 5.10 Å². The molecule has 1 spiro atoms. The molecule has 1 N–H and O–H groups in total. The molecule has 1 atom stereocenters. The number of ether oxygens (including phenoxy) is 1. The van der Waals surface area contributed by atoms with E-state index < -0.39 is 0 Å². The summed E-state index contributed by atoms with van der Waals surface area (Å²) in [6.07, 6.45) is 7.38. The maximum atomic E-state index is 13.4. The number of aliphatic hydroxyl groups is 1. The van der Waals surface area contributed by atoms with Gasteiger partial charge in [-0.25, -0.2) is 9.78 Å². The molecule has 3 aliphatic rings. The molecule has 0 bridgehead atoms. The molecule has 1 saturated carbocycles. The van der Waals surface area contributed by atoms with Crippen molar-refractivity contribution in [1.29, 1.82) is 0 Å². The molecule has 11 heteroatoms. The van der Waals surface area contributed by atoms with Crippen LogP contribution in [0.1, 0.15) is 50.6 Å². The van der Waals surface area contributed by atoms with Crippen LogP contribution in [0.15, 0.2) is 35.9 Å². The van der Waals surface area contributed by atoms with Gasteiger partial charge < -0.3 is 14.7 Å². The number of rotatable bonds is 6. The molecule has 2 aromatic heterocycles. The van der Waals surface area contributed by atoms with Crippen LogP contribution in [0, 0.1) is 5.41 Å². The molecule has 2 fully saturated rings. The summed E-state index contributed by atoms with van der Waals surface area (Å²) in [7, 11) is 2.03. The van der Waals surface area contributed by atoms with E-state index in [0.717, 1.165) is 43.4 Å². The number of esters is 1. The summed E-state index contributed by atoms with van der Waals surface area (Å²) in [5.41, 5.74) is 1.83. The Morgan fingerprint density at radius 1 is 1.26 bits per heavy atom. The Hall–Kier alpha value is -3.18. The Morgan fingerprint density at radius 2 is 2.06 bits per heavy atom. The Kier molecular flexibility index (Phi) is 5.90. The van der Waals surface area contributed by atoms with Crippen molar-refractivity contribution in [3.8, 4) is 5.82 Å². The number of pyridine rings is 1. The quantitative estimate of drug-likeness (QED) is 0.619. The first-order chi connectivity index (χ1) is 16.4. The fourth-order valence-electron chi connectivity index (χ4n) is 5.57. The lowest BCUT2D eigenvalue weighted by Crippen LogP contribution is -2.44. The highest BCUT2D eigenvalue weighted by molar-refractivity contribution is 5.94. The van der Waals surface area contributed by atoms with Crippen molar-refractivity contribution in [3.05, 3.63) is 41.5 Å². The van der Waals surface area contributed by atoms with E-state index in [1.807, 2.05) is 19.2 Å². The molecule has 4 heterocycles. The summed E-state index contributed by atoms with van der Waals surface area (Å²) in [5.74, 6) is 0.406. The summed E-state index contributed by atoms with van der Waals surface area (Å²) in [5, 5.41) is 21.3. The smallest absolute Gasteiger partial charge is 0.336 e. The van der Waals surface area contributed by atoms with Gasteiger partial charge in [0.05, 0.1) is 29.3 Å². The number of aliphatic hydroxyl groups excluding tert-OH is 1. The number of hydrogen-bond donors (Lipinski definition) is 1. The summed E-state index contributed by atoms with van der Waals surface area (Å²) in [6.45, 7) is 2.53. The molecule has 5 rings (SSSR count). The predicted octanol–water partition coefficient (Wildman–Crippen LogP) is 1.01. The number of nitrogens with zero attached hydrogens (tertiary/aromatic N) is 7. The van der Waals surface area contributed by atoms with Gasteiger partial charge in [0, 0.05) is 18.8 Å². The van der Waals surface area contributed by atoms with E-state index >= 15 is 0 Å². The highest BCUT2D eigenvalue weighted by atomic mass is 16.5. The minimum atomic E-state index is -0.361. The van der Waals surface area contributed by atoms with Crippen LogP contribution in [-0.2, 0) is 14.3 Å². The van der Waals surface area contributed by atoms with Crippen molar-refractivity contribution in [1.82, 2.24) is 35.0 Å². The lowest BCUT2D eigenvalue weighted by Gasteiger charge is -2.42. The number of cyclic esters (lactones) is 1. The van der Waals surface area contributed by atoms with Crippen LogP contribution < -0.4 is 0 Å². The molecule has 0 unspecified atom stereocenters. The van der Waals surface area contributed by atoms with Gasteiger partial charge in [0.25, 0.3) is 0 Å². The number of carbonyl (C=O) groups is 2. The first-order valence-corrected chi connectivity index (χ1v) is 11.6. The van der Waals surface area contributed by atoms with E-state index in [9.17, 15) is 14.7 Å². The van der Waals surface area contributed by atoms with E-state index in [2.05, 4.69) is 25.4 Å². The van der Waals surface area contributed by atoms with Crippen molar-refractivity contribution in [2.45, 2.75) is 51.1 Å². The highest BCUT2D eigenvalue weighted by Gasteiger charge is 2.50. The SMILES string of the molecule is CC1=C(N2CC[C@]3(CC[C@@H](N(C)[C@@H](CO)c4ccc(-n5cnnn5)nc4)CC3)C2=O)COC1=O. The molecule has 2 aromatic rings. The van der Waals surface area contributed by atoms with Gasteiger partial charge in [0.15, 0.2) is 5.82 Å². The van der Waals surface area contributed by atoms with E-state index in [0.29, 0.717) is 17.9 Å². The minimum absolute atomic E-state index is 0.0295. The van der Waals surface area contributed by atoms with Gasteiger partial charge in [-0.1, -0.05) is 6.07 Å². The first kappa shape index (κ1) is 22.6. The maximum Gasteiger partial charge on any atom is 0.336 e. The van der Waals surface area contributed by atoms with Gasteiger partial charge in [0.1, 0.15) is 12.9 Å². The third kappa shape index (κ3) is 3.78. The molecular formula is C23H29N7O4. The Morgan fingerprint density at radius 3 is 2.65 bits per heavy atom. The predicted molar refractivity (Wildman–Crippen MR) is 119 cm³/mol. The normalized spacial score (nSPS) is 26.1. The zero-order valence-corrected chi connectivity index (χ0v) is 19.4. The molecule has 34 heavy (non-hydrogen) atoms. The van der Waals surface area contributed by atoms with Crippen molar-refractivity contribution in [2.24, 2.45) is 5.41 Å². The lowest BCUT2D eigenvalue weighted by atomic mass is 9.71. The summed E-state index contributed by atoms with van der Waals surface area (Å²) >= 11 is 0. The van der Waals surface area contributed by atoms with Gasteiger partial charge in [-0.3, -0.25) is 9.69 Å². The van der Waals surface area contributed by atoms with Crippen LogP contribution in [0.4, 0.5) is 0 Å². The third-order valence-electron chi connectivity index (χ3n) is 7.81. The topological polar surface area (TPSA) is 127 Å². The van der Waals surface area contributed by atoms with Crippen molar-refractivity contribution < 1.29 is 19.4 Å². The second kappa shape index (κ2) is 8.88. The molecule has 180 valence electrons. The van der Waals surface area contributed by atoms with Gasteiger partial charge >= 0.3 is 5.97 Å². The maximum absolute atomic E-state index is 13.4. The van der Waals surface area contributed by atoms with Crippen molar-refractivity contribution in [2.75, 3.05) is 26.8 Å². The van der Waals surface area contributed by atoms with Gasteiger partial charge in [-0.05, 0) is 68.1 Å². The lowest BCUT2D eigenvalue weighted by molar-refractivity contribution is -0.138. The van der Waals surface area contributed by atoms with E-state index in [4.69, 9.17) is 4.74 Å². The second-order valence-corrected chi connectivity index (χ2v) is 9.43. The number of likely N-dealkylation sites (N-methyl/N-ethyl adjacent to an activating group) is 1. The molecular weight excluding hydrogens is 438 g/mol. The van der Waals surface area contributed by atoms with E-state index in [-0.39, 0.29) is 42.6 Å². The number of hydrogen-bond acceptors (Lipinski definition) is 9. The molecule has 11 nitrogen and oxygen atoms in total. The fourth-order valence-corrected chi connectivity index (χ4v) is 5.57. The van der Waals surface area contributed by atoms with Crippen molar-refractivity contribution in [3.63, 3.8) is 0 Å². The second-order valence-electron chi connectivity index (χ2n) is 9.43. The summed E-state index contributed by atoms with van der Waals surface area (Å²) in [6, 6.07) is 3.82. The number of tetrazole rings is 1. The Labute approximate surface area is 197 Å². The molecule has 1 aliphatic carbocycles. The van der Waals surface area contributed by atoms with Crippen LogP contribution in [0.3, 0.4) is 0 Å². The van der Waals surface area contributed by atoms with E-state index in [1.165, 1.54) is 11.0 Å². The fraction of sp³-hybridized carbons (Fsp3) is 0.565. The standard InChI is InChI=1S/C23H29N7O4/c1-15-19(13-34-21(15)32)29-10-9-23(22(29)33)7-5-17(6-8-23)28(2)18(12-31)16-3-4-20(24-11-16)30-14-25-26-27-30/h3-4,11,14,17-18,31H,5-10,12-13H2,1-2H3/t17-,18-,23-/m0/s1. The van der Waals surface area contributed by atoms with Crippen molar-refractivity contribution >= 4 is 11.9 Å². The molecule has 1 amide bonds. The van der Waals surface area contributed by atoms with Gasteiger partial charge in [-0.2, -0.15) is 4.68 Å². The molecule has 0 radical (unpaired) electrons. The third-order valence-corrected chi connectivity index (χ3v) is 7.81. The number of amides is 1. The average molecular weight is 468 g/mol. The molecule has 1 saturated heterocycles. The largest absolute Gasteiger partial charge is 0.456 e. The Bertz CT molecular complexity index is 1090. The zero-order chi connectivity index (χ0) is 23.9.